The number of hydrogen-bond donors (Lipinski definition) is 0. The van der Waals surface area contributed by atoms with Crippen LogP contribution in [0.25, 0.3) is 0 Å². The van der Waals surface area contributed by atoms with Crippen molar-refractivity contribution in [3.63, 3.8) is 0 Å². The Morgan fingerprint density at radius 2 is 2.00 bits per heavy atom. The Hall–Kier alpha value is -1.59. The van der Waals surface area contributed by atoms with E-state index in [0.29, 0.717) is 6.42 Å². The summed E-state index contributed by atoms with van der Waals surface area (Å²) in [5.74, 6) is 1.25. The van der Waals surface area contributed by atoms with Crippen molar-refractivity contribution < 1.29 is 14.3 Å². The van der Waals surface area contributed by atoms with E-state index >= 15 is 0 Å². The fourth-order valence-electron chi connectivity index (χ4n) is 3.92. The maximum Gasteiger partial charge on any atom is 0.225 e. The molecule has 2 aliphatic heterocycles. The Labute approximate surface area is 157 Å². The molecule has 2 fully saturated rings. The van der Waals surface area contributed by atoms with Crippen LogP contribution in [0.15, 0.2) is 24.3 Å². The first-order valence-corrected chi connectivity index (χ1v) is 10.00. The molecule has 2 saturated heterocycles. The number of aryl methyl sites for hydroxylation is 1. The van der Waals surface area contributed by atoms with E-state index in [4.69, 9.17) is 9.47 Å². The highest BCUT2D eigenvalue weighted by molar-refractivity contribution is 5.76. The van der Waals surface area contributed by atoms with Crippen molar-refractivity contribution in [1.82, 2.24) is 9.80 Å². The Morgan fingerprint density at radius 1 is 1.19 bits per heavy atom. The SMILES string of the molecule is COc1ccccc1CCCN1CCN(C(=O)CC2CCCCO2)CC1. The van der Waals surface area contributed by atoms with Crippen LogP contribution in [-0.4, -0.2) is 68.3 Å². The van der Waals surface area contributed by atoms with Gasteiger partial charge in [0.25, 0.3) is 0 Å². The number of carbonyl (C=O) groups is 1. The van der Waals surface area contributed by atoms with E-state index in [2.05, 4.69) is 17.0 Å². The highest BCUT2D eigenvalue weighted by Gasteiger charge is 2.24. The summed E-state index contributed by atoms with van der Waals surface area (Å²) in [6, 6.07) is 8.24. The summed E-state index contributed by atoms with van der Waals surface area (Å²) in [5.41, 5.74) is 1.27. The van der Waals surface area contributed by atoms with Crippen LogP contribution in [0.1, 0.15) is 37.7 Å². The van der Waals surface area contributed by atoms with Crippen LogP contribution in [0.3, 0.4) is 0 Å². The molecule has 1 aromatic rings. The second-order valence-corrected chi connectivity index (χ2v) is 7.33. The van der Waals surface area contributed by atoms with E-state index in [-0.39, 0.29) is 12.0 Å². The van der Waals surface area contributed by atoms with Crippen molar-refractivity contribution in [3.05, 3.63) is 29.8 Å². The van der Waals surface area contributed by atoms with Gasteiger partial charge in [0, 0.05) is 32.8 Å². The largest absolute Gasteiger partial charge is 0.496 e. The van der Waals surface area contributed by atoms with E-state index in [0.717, 1.165) is 70.8 Å². The average Bonchev–Trinajstić information content (AvgIpc) is 2.69. The summed E-state index contributed by atoms with van der Waals surface area (Å²) in [4.78, 5) is 16.9. The Balaban J connectivity index is 1.35. The van der Waals surface area contributed by atoms with E-state index in [1.807, 2.05) is 17.0 Å². The number of piperazine rings is 1. The molecule has 0 spiro atoms. The van der Waals surface area contributed by atoms with Gasteiger partial charge in [-0.2, -0.15) is 0 Å². The second-order valence-electron chi connectivity index (χ2n) is 7.33. The fraction of sp³-hybridized carbons (Fsp3) is 0.667. The van der Waals surface area contributed by atoms with E-state index < -0.39 is 0 Å². The lowest BCUT2D eigenvalue weighted by molar-refractivity contribution is -0.136. The number of methoxy groups -OCH3 is 1. The first-order chi connectivity index (χ1) is 12.8. The third-order valence-corrected chi connectivity index (χ3v) is 5.51. The molecule has 3 rings (SSSR count). The van der Waals surface area contributed by atoms with Crippen molar-refractivity contribution >= 4 is 5.91 Å². The van der Waals surface area contributed by atoms with Crippen LogP contribution in [0.5, 0.6) is 5.75 Å². The highest BCUT2D eigenvalue weighted by atomic mass is 16.5. The minimum absolute atomic E-state index is 0.148. The summed E-state index contributed by atoms with van der Waals surface area (Å²) in [6.07, 6.45) is 6.22. The summed E-state index contributed by atoms with van der Waals surface area (Å²) >= 11 is 0. The van der Waals surface area contributed by atoms with E-state index in [1.54, 1.807) is 7.11 Å². The predicted molar refractivity (Wildman–Crippen MR) is 103 cm³/mol. The van der Waals surface area contributed by atoms with Gasteiger partial charge in [0.2, 0.25) is 5.91 Å². The van der Waals surface area contributed by atoms with Crippen molar-refractivity contribution in [2.24, 2.45) is 0 Å². The minimum Gasteiger partial charge on any atom is -0.496 e. The molecular weight excluding hydrogens is 328 g/mol. The molecule has 5 heteroatoms. The molecule has 1 aromatic carbocycles. The van der Waals surface area contributed by atoms with Gasteiger partial charge in [-0.25, -0.2) is 0 Å². The molecule has 1 atom stereocenters. The van der Waals surface area contributed by atoms with Crippen LogP contribution in [-0.2, 0) is 16.0 Å². The molecule has 1 amide bonds. The lowest BCUT2D eigenvalue weighted by Gasteiger charge is -2.35. The molecule has 0 bridgehead atoms. The van der Waals surface area contributed by atoms with Crippen molar-refractivity contribution in [2.75, 3.05) is 46.4 Å². The lowest BCUT2D eigenvalue weighted by atomic mass is 10.1. The number of benzene rings is 1. The molecule has 0 radical (unpaired) electrons. The first kappa shape index (κ1) is 19.2. The summed E-state index contributed by atoms with van der Waals surface area (Å²) in [5, 5.41) is 0. The third-order valence-electron chi connectivity index (χ3n) is 5.51. The van der Waals surface area contributed by atoms with Crippen molar-refractivity contribution in [2.45, 2.75) is 44.6 Å². The van der Waals surface area contributed by atoms with Gasteiger partial charge in [-0.05, 0) is 50.3 Å². The fourth-order valence-corrected chi connectivity index (χ4v) is 3.92. The van der Waals surface area contributed by atoms with Gasteiger partial charge >= 0.3 is 0 Å². The predicted octanol–water partition coefficient (Wildman–Crippen LogP) is 2.73. The maximum atomic E-state index is 12.5. The van der Waals surface area contributed by atoms with Gasteiger partial charge in [0.1, 0.15) is 5.75 Å². The second kappa shape index (κ2) is 9.93. The number of nitrogens with zero attached hydrogens (tertiary/aromatic N) is 2. The first-order valence-electron chi connectivity index (χ1n) is 10.00. The maximum absolute atomic E-state index is 12.5. The van der Waals surface area contributed by atoms with Crippen molar-refractivity contribution in [3.8, 4) is 5.75 Å². The van der Waals surface area contributed by atoms with Crippen molar-refractivity contribution in [1.29, 1.82) is 0 Å². The topological polar surface area (TPSA) is 42.0 Å². The number of para-hydroxylation sites is 1. The zero-order valence-electron chi connectivity index (χ0n) is 16.0. The number of ether oxygens (including phenoxy) is 2. The molecule has 2 aliphatic rings. The molecule has 144 valence electrons. The molecule has 26 heavy (non-hydrogen) atoms. The smallest absolute Gasteiger partial charge is 0.225 e. The molecule has 0 saturated carbocycles. The highest BCUT2D eigenvalue weighted by Crippen LogP contribution is 2.20. The summed E-state index contributed by atoms with van der Waals surface area (Å²) < 4.78 is 11.1. The van der Waals surface area contributed by atoms with Crippen LogP contribution < -0.4 is 4.74 Å². The van der Waals surface area contributed by atoms with Gasteiger partial charge < -0.3 is 14.4 Å². The minimum atomic E-state index is 0.148. The Morgan fingerprint density at radius 3 is 2.73 bits per heavy atom. The summed E-state index contributed by atoms with van der Waals surface area (Å²) in [6.45, 7) is 5.54. The average molecular weight is 360 g/mol. The van der Waals surface area contributed by atoms with Crippen LogP contribution in [0.2, 0.25) is 0 Å². The lowest BCUT2D eigenvalue weighted by Crippen LogP contribution is -2.49. The van der Waals surface area contributed by atoms with E-state index in [1.165, 1.54) is 12.0 Å². The number of amides is 1. The standard InChI is InChI=1S/C21H32N2O3/c1-25-20-10-3-2-7-18(20)8-6-11-22-12-14-23(15-13-22)21(24)17-19-9-4-5-16-26-19/h2-3,7,10,19H,4-6,8-9,11-17H2,1H3. The van der Waals surface area contributed by atoms with Crippen LogP contribution >= 0.6 is 0 Å². The molecule has 5 nitrogen and oxygen atoms in total. The zero-order chi connectivity index (χ0) is 18.2. The number of rotatable bonds is 7. The molecule has 0 aliphatic carbocycles. The van der Waals surface area contributed by atoms with E-state index in [9.17, 15) is 4.79 Å². The summed E-state index contributed by atoms with van der Waals surface area (Å²) in [7, 11) is 1.73. The molecule has 1 unspecified atom stereocenters. The molecular formula is C21H32N2O3. The monoisotopic (exact) mass is 360 g/mol. The number of hydrogen-bond acceptors (Lipinski definition) is 4. The molecule has 2 heterocycles. The zero-order valence-corrected chi connectivity index (χ0v) is 16.0. The van der Waals surface area contributed by atoms with Crippen LogP contribution in [0, 0.1) is 0 Å². The van der Waals surface area contributed by atoms with Gasteiger partial charge in [-0.3, -0.25) is 9.69 Å². The third kappa shape index (κ3) is 5.45. The van der Waals surface area contributed by atoms with Gasteiger partial charge in [0.05, 0.1) is 19.6 Å². The quantitative estimate of drug-likeness (QED) is 0.750. The van der Waals surface area contributed by atoms with Gasteiger partial charge in [-0.1, -0.05) is 18.2 Å². The number of carbonyl (C=O) groups excluding carboxylic acids is 1. The Bertz CT molecular complexity index is 564. The molecule has 0 N–H and O–H groups in total. The normalized spacial score (nSPS) is 21.6. The van der Waals surface area contributed by atoms with Gasteiger partial charge in [-0.15, -0.1) is 0 Å². The Kier molecular flexibility index (Phi) is 7.32. The van der Waals surface area contributed by atoms with Gasteiger partial charge in [0.15, 0.2) is 0 Å². The van der Waals surface area contributed by atoms with Crippen LogP contribution in [0.4, 0.5) is 0 Å². The molecule has 0 aromatic heterocycles.